The second kappa shape index (κ2) is 7.84. The maximum atomic E-state index is 13.1. The molecule has 2 aromatic heterocycles. The highest BCUT2D eigenvalue weighted by Crippen LogP contribution is 2.29. The van der Waals surface area contributed by atoms with Crippen molar-refractivity contribution >= 4 is 17.5 Å². The number of carbonyl (C=O) groups is 2. The van der Waals surface area contributed by atoms with E-state index in [-0.39, 0.29) is 12.1 Å². The number of methoxy groups -OCH3 is 1. The molecule has 0 N–H and O–H groups in total. The van der Waals surface area contributed by atoms with Crippen molar-refractivity contribution in [2.24, 2.45) is 0 Å². The summed E-state index contributed by atoms with van der Waals surface area (Å²) < 4.78 is 12.2. The average Bonchev–Trinajstić information content (AvgIpc) is 3.13. The number of benzene rings is 1. The molecule has 4 rings (SSSR count). The van der Waals surface area contributed by atoms with Gasteiger partial charge in [0.15, 0.2) is 0 Å². The average molecular weight is 378 g/mol. The van der Waals surface area contributed by atoms with Crippen molar-refractivity contribution in [1.29, 1.82) is 0 Å². The standard InChI is InChI=1S/C22H22N2O4/c1-27-21(25)16-12-10-15(11-13-16)20-19(18-9-5-6-14-24(18)23-20)22(26)28-17-7-3-2-4-8-17/h5-6,9-14,17H,2-4,7-8H2,1H3. The highest BCUT2D eigenvalue weighted by molar-refractivity contribution is 6.03. The molecule has 1 aliphatic carbocycles. The van der Waals surface area contributed by atoms with E-state index in [0.717, 1.165) is 31.2 Å². The summed E-state index contributed by atoms with van der Waals surface area (Å²) in [6.45, 7) is 0. The van der Waals surface area contributed by atoms with Gasteiger partial charge in [-0.1, -0.05) is 24.6 Å². The van der Waals surface area contributed by atoms with E-state index in [0.29, 0.717) is 22.3 Å². The largest absolute Gasteiger partial charge is 0.465 e. The molecule has 0 radical (unpaired) electrons. The number of aromatic nitrogens is 2. The number of rotatable bonds is 4. The third-order valence-electron chi connectivity index (χ3n) is 5.15. The minimum absolute atomic E-state index is 0.0329. The first-order chi connectivity index (χ1) is 13.7. The van der Waals surface area contributed by atoms with E-state index in [9.17, 15) is 9.59 Å². The smallest absolute Gasteiger partial charge is 0.342 e. The Morgan fingerprint density at radius 3 is 2.46 bits per heavy atom. The van der Waals surface area contributed by atoms with E-state index in [4.69, 9.17) is 9.47 Å². The van der Waals surface area contributed by atoms with E-state index < -0.39 is 5.97 Å². The van der Waals surface area contributed by atoms with Gasteiger partial charge in [0.05, 0.1) is 18.2 Å². The van der Waals surface area contributed by atoms with Crippen molar-refractivity contribution in [2.75, 3.05) is 7.11 Å². The van der Waals surface area contributed by atoms with Gasteiger partial charge < -0.3 is 9.47 Å². The molecule has 1 saturated carbocycles. The lowest BCUT2D eigenvalue weighted by Gasteiger charge is -2.21. The molecule has 0 amide bonds. The number of esters is 2. The first kappa shape index (κ1) is 18.2. The number of carbonyl (C=O) groups excluding carboxylic acids is 2. The van der Waals surface area contributed by atoms with E-state index in [1.807, 2.05) is 18.2 Å². The zero-order valence-electron chi connectivity index (χ0n) is 15.8. The maximum absolute atomic E-state index is 13.1. The van der Waals surface area contributed by atoms with Crippen molar-refractivity contribution in [2.45, 2.75) is 38.2 Å². The van der Waals surface area contributed by atoms with E-state index in [1.54, 1.807) is 35.0 Å². The molecule has 0 aliphatic heterocycles. The van der Waals surface area contributed by atoms with Crippen LogP contribution in [0.2, 0.25) is 0 Å². The Balaban J connectivity index is 1.72. The third kappa shape index (κ3) is 3.50. The number of nitrogens with zero attached hydrogens (tertiary/aromatic N) is 2. The molecule has 1 fully saturated rings. The fourth-order valence-corrected chi connectivity index (χ4v) is 3.68. The molecule has 3 aromatic rings. The molecular weight excluding hydrogens is 356 g/mol. The summed E-state index contributed by atoms with van der Waals surface area (Å²) in [5.41, 5.74) is 2.89. The second-order valence-electron chi connectivity index (χ2n) is 6.99. The monoisotopic (exact) mass is 378 g/mol. The predicted molar refractivity (Wildman–Crippen MR) is 104 cm³/mol. The zero-order valence-corrected chi connectivity index (χ0v) is 15.8. The van der Waals surface area contributed by atoms with Crippen LogP contribution in [-0.4, -0.2) is 34.8 Å². The summed E-state index contributed by atoms with van der Waals surface area (Å²) in [6.07, 6.45) is 6.97. The Morgan fingerprint density at radius 1 is 1.00 bits per heavy atom. The first-order valence-electron chi connectivity index (χ1n) is 9.54. The van der Waals surface area contributed by atoms with Gasteiger partial charge in [0, 0.05) is 11.8 Å². The SMILES string of the molecule is COC(=O)c1ccc(-c2nn3ccccc3c2C(=O)OC2CCCCC2)cc1. The lowest BCUT2D eigenvalue weighted by molar-refractivity contribution is 0.0214. The number of ether oxygens (including phenoxy) is 2. The van der Waals surface area contributed by atoms with Crippen molar-refractivity contribution in [3.63, 3.8) is 0 Å². The van der Waals surface area contributed by atoms with Gasteiger partial charge in [-0.2, -0.15) is 5.10 Å². The molecule has 0 spiro atoms. The molecule has 1 aromatic carbocycles. The third-order valence-corrected chi connectivity index (χ3v) is 5.15. The molecule has 28 heavy (non-hydrogen) atoms. The molecule has 144 valence electrons. The van der Waals surface area contributed by atoms with Crippen molar-refractivity contribution in [1.82, 2.24) is 9.61 Å². The summed E-state index contributed by atoms with van der Waals surface area (Å²) in [5, 5.41) is 4.59. The van der Waals surface area contributed by atoms with Crippen LogP contribution in [-0.2, 0) is 9.47 Å². The van der Waals surface area contributed by atoms with Gasteiger partial charge in [0.2, 0.25) is 0 Å². The van der Waals surface area contributed by atoms with Gasteiger partial charge in [0.25, 0.3) is 0 Å². The second-order valence-corrected chi connectivity index (χ2v) is 6.99. The van der Waals surface area contributed by atoms with Crippen LogP contribution in [0, 0.1) is 0 Å². The summed E-state index contributed by atoms with van der Waals surface area (Å²) in [5.74, 6) is -0.751. The van der Waals surface area contributed by atoms with Crippen LogP contribution in [0.3, 0.4) is 0 Å². The quantitative estimate of drug-likeness (QED) is 0.634. The molecule has 0 atom stereocenters. The number of pyridine rings is 1. The Bertz CT molecular complexity index is 1000. The predicted octanol–water partition coefficient (Wildman–Crippen LogP) is 4.28. The lowest BCUT2D eigenvalue weighted by atomic mass is 9.97. The molecule has 2 heterocycles. The highest BCUT2D eigenvalue weighted by atomic mass is 16.5. The normalized spacial score (nSPS) is 14.8. The molecule has 1 aliphatic rings. The van der Waals surface area contributed by atoms with Crippen LogP contribution in [0.25, 0.3) is 16.8 Å². The van der Waals surface area contributed by atoms with Crippen molar-refractivity contribution in [3.05, 3.63) is 59.8 Å². The topological polar surface area (TPSA) is 69.9 Å². The number of hydrogen-bond donors (Lipinski definition) is 0. The zero-order chi connectivity index (χ0) is 19.5. The van der Waals surface area contributed by atoms with Gasteiger partial charge in [-0.15, -0.1) is 0 Å². The Morgan fingerprint density at radius 2 is 1.75 bits per heavy atom. The Labute approximate surface area is 163 Å². The molecule has 6 heteroatoms. The van der Waals surface area contributed by atoms with E-state index in [1.165, 1.54) is 13.5 Å². The van der Waals surface area contributed by atoms with Crippen molar-refractivity contribution in [3.8, 4) is 11.3 Å². The highest BCUT2D eigenvalue weighted by Gasteiger charge is 2.26. The molecule has 0 saturated heterocycles. The number of fused-ring (bicyclic) bond motifs is 1. The van der Waals surface area contributed by atoms with Crippen LogP contribution >= 0.6 is 0 Å². The fraction of sp³-hybridized carbons (Fsp3) is 0.318. The van der Waals surface area contributed by atoms with Crippen LogP contribution in [0.15, 0.2) is 48.7 Å². The van der Waals surface area contributed by atoms with Gasteiger partial charge in [-0.3, -0.25) is 0 Å². The summed E-state index contributed by atoms with van der Waals surface area (Å²) >= 11 is 0. The van der Waals surface area contributed by atoms with Crippen LogP contribution in [0.4, 0.5) is 0 Å². The molecule has 0 bridgehead atoms. The van der Waals surface area contributed by atoms with Gasteiger partial charge in [-0.25, -0.2) is 14.1 Å². The van der Waals surface area contributed by atoms with E-state index in [2.05, 4.69) is 5.10 Å². The van der Waals surface area contributed by atoms with Crippen LogP contribution in [0.1, 0.15) is 52.8 Å². The molecule has 0 unspecified atom stereocenters. The van der Waals surface area contributed by atoms with Crippen LogP contribution < -0.4 is 0 Å². The van der Waals surface area contributed by atoms with Crippen molar-refractivity contribution < 1.29 is 19.1 Å². The fourth-order valence-electron chi connectivity index (χ4n) is 3.68. The first-order valence-corrected chi connectivity index (χ1v) is 9.54. The molecule has 6 nitrogen and oxygen atoms in total. The maximum Gasteiger partial charge on any atom is 0.342 e. The number of hydrogen-bond acceptors (Lipinski definition) is 5. The summed E-state index contributed by atoms with van der Waals surface area (Å²) in [4.78, 5) is 24.7. The summed E-state index contributed by atoms with van der Waals surface area (Å²) in [6, 6.07) is 12.5. The minimum atomic E-state index is -0.404. The van der Waals surface area contributed by atoms with Gasteiger partial charge >= 0.3 is 11.9 Å². The van der Waals surface area contributed by atoms with E-state index >= 15 is 0 Å². The lowest BCUT2D eigenvalue weighted by Crippen LogP contribution is -2.21. The minimum Gasteiger partial charge on any atom is -0.465 e. The van der Waals surface area contributed by atoms with Gasteiger partial charge in [0.1, 0.15) is 17.4 Å². The summed E-state index contributed by atoms with van der Waals surface area (Å²) in [7, 11) is 1.34. The Hall–Kier alpha value is -3.15. The van der Waals surface area contributed by atoms with Crippen LogP contribution in [0.5, 0.6) is 0 Å². The molecular formula is C22H22N2O4. The Kier molecular flexibility index (Phi) is 5.10. The van der Waals surface area contributed by atoms with Gasteiger partial charge in [-0.05, 0) is 49.9 Å².